The smallest absolute Gasteiger partial charge is 0.266 e. The topological polar surface area (TPSA) is 183 Å². The molecule has 0 aromatic heterocycles. The first-order valence-electron chi connectivity index (χ1n) is 18.5. The first kappa shape index (κ1) is 43.1. The third kappa shape index (κ3) is 8.61. The van der Waals surface area contributed by atoms with Crippen LogP contribution in [0.2, 0.25) is 0 Å². The normalized spacial score (nSPS) is 14.3. The van der Waals surface area contributed by atoms with E-state index < -0.39 is 54.5 Å². The molecular formula is C43H50N2O11. The lowest BCUT2D eigenvalue weighted by Crippen LogP contribution is -2.31. The lowest BCUT2D eigenvalue weighted by atomic mass is 9.77. The molecule has 4 aromatic rings. The standard InChI is InChI=1S/C39H38N2O11.2C2H6/c1-21-5-6-22(13-33(21)50-19-24(44)17-42)39(2,3)23-7-12-32(34(14-23)51-20-25(45)18-43)41-37(48)29-11-9-27(16-31(29)38(41)49)52-26-8-10-28-30(15-26)36(47)40(4)35(28)46;2*1-2/h5-16,24-25,42-45H,17-20H2,1-4H3;2*1-2H3. The summed E-state index contributed by atoms with van der Waals surface area (Å²) in [5.41, 5.74) is 2.47. The Morgan fingerprint density at radius 3 is 1.61 bits per heavy atom. The van der Waals surface area contributed by atoms with Crippen molar-refractivity contribution in [1.29, 1.82) is 0 Å². The van der Waals surface area contributed by atoms with Crippen molar-refractivity contribution in [3.63, 3.8) is 0 Å². The molecule has 2 aliphatic rings. The van der Waals surface area contributed by atoms with Gasteiger partial charge in [0.15, 0.2) is 0 Å². The molecule has 4 N–H and O–H groups in total. The van der Waals surface area contributed by atoms with Gasteiger partial charge in [-0.05, 0) is 78.2 Å². The Morgan fingerprint density at radius 1 is 0.607 bits per heavy atom. The minimum atomic E-state index is -1.23. The number of carbonyl (C=O) groups is 4. The Labute approximate surface area is 326 Å². The van der Waals surface area contributed by atoms with E-state index in [1.54, 1.807) is 18.2 Å². The molecule has 13 heteroatoms. The SMILES string of the molecule is CC.CC.Cc1ccc(C(C)(C)c2ccc(N3C(=O)c4ccc(Oc5ccc6c(c5)C(=O)N(C)C6=O)cc4C3=O)c(OCC(O)CO)c2)cc1OCC(O)CO. The maximum Gasteiger partial charge on any atom is 0.266 e. The number of carbonyl (C=O) groups excluding carboxylic acids is 4. The summed E-state index contributed by atoms with van der Waals surface area (Å²) in [4.78, 5) is 54.4. The molecule has 298 valence electrons. The number of imide groups is 2. The zero-order valence-electron chi connectivity index (χ0n) is 33.0. The zero-order valence-corrected chi connectivity index (χ0v) is 33.0. The van der Waals surface area contributed by atoms with E-state index in [0.29, 0.717) is 5.75 Å². The van der Waals surface area contributed by atoms with Crippen LogP contribution in [-0.2, 0) is 5.41 Å². The monoisotopic (exact) mass is 770 g/mol. The molecule has 0 bridgehead atoms. The number of anilines is 1. The lowest BCUT2D eigenvalue weighted by Gasteiger charge is -2.29. The van der Waals surface area contributed by atoms with Crippen LogP contribution >= 0.6 is 0 Å². The predicted molar refractivity (Wildman–Crippen MR) is 210 cm³/mol. The average molecular weight is 771 g/mol. The van der Waals surface area contributed by atoms with Crippen molar-refractivity contribution in [3.05, 3.63) is 112 Å². The fourth-order valence-electron chi connectivity index (χ4n) is 6.03. The van der Waals surface area contributed by atoms with Crippen LogP contribution in [0.4, 0.5) is 5.69 Å². The first-order valence-corrected chi connectivity index (χ1v) is 18.5. The van der Waals surface area contributed by atoms with Crippen molar-refractivity contribution >= 4 is 29.3 Å². The molecule has 56 heavy (non-hydrogen) atoms. The average Bonchev–Trinajstić information content (AvgIpc) is 3.59. The maximum absolute atomic E-state index is 13.9. The van der Waals surface area contributed by atoms with Crippen molar-refractivity contribution < 1.29 is 53.8 Å². The van der Waals surface area contributed by atoms with Gasteiger partial charge in [0.25, 0.3) is 23.6 Å². The highest BCUT2D eigenvalue weighted by Gasteiger charge is 2.39. The molecule has 0 saturated carbocycles. The highest BCUT2D eigenvalue weighted by Crippen LogP contribution is 2.42. The van der Waals surface area contributed by atoms with Crippen LogP contribution in [0.15, 0.2) is 72.8 Å². The number of benzene rings is 4. The number of aliphatic hydroxyl groups is 4. The van der Waals surface area contributed by atoms with E-state index >= 15 is 0 Å². The van der Waals surface area contributed by atoms with Crippen molar-refractivity contribution in [2.75, 3.05) is 38.4 Å². The maximum atomic E-state index is 13.9. The van der Waals surface area contributed by atoms with Crippen LogP contribution in [0.3, 0.4) is 0 Å². The minimum absolute atomic E-state index is 0.0684. The lowest BCUT2D eigenvalue weighted by molar-refractivity contribution is 0.0533. The Balaban J connectivity index is 0.00000169. The molecule has 0 aliphatic carbocycles. The fraction of sp³-hybridized carbons (Fsp3) is 0.349. The van der Waals surface area contributed by atoms with Crippen LogP contribution in [0.25, 0.3) is 0 Å². The Kier molecular flexibility index (Phi) is 14.1. The van der Waals surface area contributed by atoms with E-state index in [4.69, 9.17) is 14.2 Å². The van der Waals surface area contributed by atoms with Crippen LogP contribution in [0.1, 0.15) is 99.7 Å². The van der Waals surface area contributed by atoms with E-state index in [2.05, 4.69) is 0 Å². The summed E-state index contributed by atoms with van der Waals surface area (Å²) >= 11 is 0. The summed E-state index contributed by atoms with van der Waals surface area (Å²) in [6.07, 6.45) is -2.27. The molecule has 2 heterocycles. The van der Waals surface area contributed by atoms with Gasteiger partial charge in [-0.2, -0.15) is 0 Å². The summed E-state index contributed by atoms with van der Waals surface area (Å²) in [5.74, 6) is -1.01. The molecule has 2 atom stereocenters. The quantitative estimate of drug-likeness (QED) is 0.123. The number of nitrogens with zero attached hydrogens (tertiary/aromatic N) is 2. The van der Waals surface area contributed by atoms with E-state index in [-0.39, 0.29) is 58.4 Å². The number of fused-ring (bicyclic) bond motifs is 2. The van der Waals surface area contributed by atoms with Gasteiger partial charge in [0.05, 0.1) is 41.2 Å². The van der Waals surface area contributed by atoms with E-state index in [1.165, 1.54) is 43.4 Å². The molecule has 0 radical (unpaired) electrons. The number of amides is 4. The third-order valence-electron chi connectivity index (χ3n) is 9.27. The number of aliphatic hydroxyl groups excluding tert-OH is 4. The predicted octanol–water partition coefficient (Wildman–Crippen LogP) is 5.66. The van der Waals surface area contributed by atoms with E-state index in [9.17, 15) is 39.6 Å². The largest absolute Gasteiger partial charge is 0.491 e. The summed E-state index contributed by atoms with van der Waals surface area (Å²) in [6, 6.07) is 19.5. The van der Waals surface area contributed by atoms with Crippen LogP contribution in [-0.4, -0.2) is 94.6 Å². The minimum Gasteiger partial charge on any atom is -0.491 e. The highest BCUT2D eigenvalue weighted by atomic mass is 16.5. The van der Waals surface area contributed by atoms with Gasteiger partial charge in [0, 0.05) is 12.5 Å². The van der Waals surface area contributed by atoms with Crippen molar-refractivity contribution in [1.82, 2.24) is 4.90 Å². The van der Waals surface area contributed by atoms with Gasteiger partial charge in [0.1, 0.15) is 48.4 Å². The molecular weight excluding hydrogens is 720 g/mol. The van der Waals surface area contributed by atoms with Gasteiger partial charge in [-0.1, -0.05) is 59.7 Å². The van der Waals surface area contributed by atoms with E-state index in [1.807, 2.05) is 66.7 Å². The summed E-state index contributed by atoms with van der Waals surface area (Å²) in [7, 11) is 1.39. The van der Waals surface area contributed by atoms with Gasteiger partial charge < -0.3 is 34.6 Å². The Morgan fingerprint density at radius 2 is 1.05 bits per heavy atom. The number of hydrogen-bond donors (Lipinski definition) is 4. The van der Waals surface area contributed by atoms with Crippen molar-refractivity contribution in [2.24, 2.45) is 0 Å². The van der Waals surface area contributed by atoms with Crippen LogP contribution < -0.4 is 19.1 Å². The molecule has 0 fully saturated rings. The highest BCUT2D eigenvalue weighted by molar-refractivity contribution is 6.35. The zero-order chi connectivity index (χ0) is 41.5. The Bertz CT molecular complexity index is 2090. The fourth-order valence-corrected chi connectivity index (χ4v) is 6.03. The third-order valence-corrected chi connectivity index (χ3v) is 9.27. The number of hydrogen-bond acceptors (Lipinski definition) is 11. The summed E-state index contributed by atoms with van der Waals surface area (Å²) in [5, 5.41) is 38.5. The number of rotatable bonds is 13. The van der Waals surface area contributed by atoms with Gasteiger partial charge in [0.2, 0.25) is 0 Å². The molecule has 4 amide bonds. The summed E-state index contributed by atoms with van der Waals surface area (Å²) in [6.45, 7) is 12.4. The molecule has 0 spiro atoms. The van der Waals surface area contributed by atoms with Gasteiger partial charge in [-0.3, -0.25) is 24.1 Å². The van der Waals surface area contributed by atoms with Gasteiger partial charge in [-0.25, -0.2) is 4.90 Å². The van der Waals surface area contributed by atoms with E-state index in [0.717, 1.165) is 26.5 Å². The van der Waals surface area contributed by atoms with Crippen LogP contribution in [0.5, 0.6) is 23.0 Å². The second-order valence-corrected chi connectivity index (χ2v) is 13.2. The molecule has 2 unspecified atom stereocenters. The van der Waals surface area contributed by atoms with Crippen LogP contribution in [0, 0.1) is 6.92 Å². The molecule has 6 rings (SSSR count). The van der Waals surface area contributed by atoms with Gasteiger partial charge in [-0.15, -0.1) is 0 Å². The van der Waals surface area contributed by atoms with Gasteiger partial charge >= 0.3 is 0 Å². The molecule has 4 aromatic carbocycles. The first-order chi connectivity index (χ1) is 26.7. The number of aryl methyl sites for hydroxylation is 1. The Hall–Kier alpha value is -5.60. The molecule has 13 nitrogen and oxygen atoms in total. The van der Waals surface area contributed by atoms with Crippen molar-refractivity contribution in [3.8, 4) is 23.0 Å². The number of ether oxygens (including phenoxy) is 3. The summed E-state index contributed by atoms with van der Waals surface area (Å²) < 4.78 is 17.7. The molecule has 2 aliphatic heterocycles. The van der Waals surface area contributed by atoms with Crippen molar-refractivity contribution in [2.45, 2.75) is 66.1 Å². The molecule has 0 saturated heterocycles. The second kappa shape index (κ2) is 18.4. The second-order valence-electron chi connectivity index (χ2n) is 13.2.